The van der Waals surface area contributed by atoms with Crippen LogP contribution in [0.25, 0.3) is 0 Å². The van der Waals surface area contributed by atoms with Crippen molar-refractivity contribution in [2.45, 2.75) is 26.9 Å². The summed E-state index contributed by atoms with van der Waals surface area (Å²) in [6.45, 7) is 6.31. The second-order valence-corrected chi connectivity index (χ2v) is 7.64. The zero-order chi connectivity index (χ0) is 16.9. The lowest BCUT2D eigenvalue weighted by molar-refractivity contribution is -0.127. The predicted molar refractivity (Wildman–Crippen MR) is 87.6 cm³/mol. The van der Waals surface area contributed by atoms with Crippen LogP contribution in [-0.2, 0) is 14.8 Å². The van der Waals surface area contributed by atoms with Gasteiger partial charge in [0.25, 0.3) is 5.91 Å². The number of hydrogen-bond acceptors (Lipinski definition) is 4. The molecule has 0 aromatic heterocycles. The fourth-order valence-electron chi connectivity index (χ4n) is 1.63. The summed E-state index contributed by atoms with van der Waals surface area (Å²) in [4.78, 5) is 11.8. The first-order valence-corrected chi connectivity index (χ1v) is 8.94. The van der Waals surface area contributed by atoms with Gasteiger partial charge in [-0.3, -0.25) is 9.10 Å². The Morgan fingerprint density at radius 1 is 1.23 bits per heavy atom. The highest BCUT2D eigenvalue weighted by molar-refractivity contribution is 7.92. The van der Waals surface area contributed by atoms with Gasteiger partial charge in [-0.05, 0) is 37.1 Å². The molecule has 0 unspecified atom stereocenters. The third-order valence-corrected chi connectivity index (χ3v) is 4.27. The van der Waals surface area contributed by atoms with Crippen molar-refractivity contribution >= 4 is 21.6 Å². The van der Waals surface area contributed by atoms with Crippen LogP contribution in [0, 0.1) is 5.92 Å². The topological polar surface area (TPSA) is 75.7 Å². The first-order valence-electron chi connectivity index (χ1n) is 7.09. The third kappa shape index (κ3) is 5.55. The Balaban J connectivity index is 2.66. The summed E-state index contributed by atoms with van der Waals surface area (Å²) in [5.41, 5.74) is 0.534. The first-order chi connectivity index (χ1) is 10.1. The molecule has 0 spiro atoms. The van der Waals surface area contributed by atoms with E-state index in [-0.39, 0.29) is 5.91 Å². The lowest BCUT2D eigenvalue weighted by Crippen LogP contribution is -2.38. The van der Waals surface area contributed by atoms with Crippen LogP contribution in [0.5, 0.6) is 5.75 Å². The molecule has 0 saturated heterocycles. The molecule has 124 valence electrons. The molecule has 1 amide bonds. The molecule has 0 heterocycles. The van der Waals surface area contributed by atoms with E-state index in [2.05, 4.69) is 5.32 Å². The first kappa shape index (κ1) is 18.3. The van der Waals surface area contributed by atoms with Gasteiger partial charge in [-0.15, -0.1) is 0 Å². The van der Waals surface area contributed by atoms with E-state index in [0.29, 0.717) is 23.9 Å². The fourth-order valence-corrected chi connectivity index (χ4v) is 2.14. The minimum absolute atomic E-state index is 0.175. The molecule has 7 heteroatoms. The number of hydrogen-bond donors (Lipinski definition) is 1. The van der Waals surface area contributed by atoms with Crippen LogP contribution < -0.4 is 14.4 Å². The van der Waals surface area contributed by atoms with E-state index in [1.165, 1.54) is 11.4 Å². The number of rotatable bonds is 7. The predicted octanol–water partition coefficient (Wildman–Crippen LogP) is 1.62. The minimum atomic E-state index is -3.29. The van der Waals surface area contributed by atoms with Crippen molar-refractivity contribution in [3.8, 4) is 5.75 Å². The lowest BCUT2D eigenvalue weighted by atomic mass is 10.2. The van der Waals surface area contributed by atoms with Crippen molar-refractivity contribution < 1.29 is 17.9 Å². The second kappa shape index (κ2) is 7.49. The molecule has 1 aromatic rings. The second-order valence-electron chi connectivity index (χ2n) is 5.62. The van der Waals surface area contributed by atoms with Gasteiger partial charge in [0.1, 0.15) is 5.75 Å². The van der Waals surface area contributed by atoms with Crippen molar-refractivity contribution in [3.63, 3.8) is 0 Å². The molecule has 22 heavy (non-hydrogen) atoms. The normalized spacial score (nSPS) is 12.8. The number of ether oxygens (including phenoxy) is 1. The van der Waals surface area contributed by atoms with Gasteiger partial charge in [0.15, 0.2) is 6.10 Å². The molecule has 1 atom stereocenters. The van der Waals surface area contributed by atoms with Crippen LogP contribution in [-0.4, -0.2) is 40.3 Å². The highest BCUT2D eigenvalue weighted by atomic mass is 32.2. The van der Waals surface area contributed by atoms with E-state index in [9.17, 15) is 13.2 Å². The SMILES string of the molecule is CC(C)CNC(=O)[C@@H](C)Oc1ccc(N(C)S(C)(=O)=O)cc1. The van der Waals surface area contributed by atoms with E-state index >= 15 is 0 Å². The van der Waals surface area contributed by atoms with Gasteiger partial charge < -0.3 is 10.1 Å². The van der Waals surface area contributed by atoms with Crippen LogP contribution in [0.4, 0.5) is 5.69 Å². The number of carbonyl (C=O) groups excluding carboxylic acids is 1. The zero-order valence-electron chi connectivity index (χ0n) is 13.7. The molecule has 0 aliphatic heterocycles. The van der Waals surface area contributed by atoms with Crippen molar-refractivity contribution in [3.05, 3.63) is 24.3 Å². The van der Waals surface area contributed by atoms with Crippen molar-refractivity contribution in [2.24, 2.45) is 5.92 Å². The maximum absolute atomic E-state index is 11.8. The van der Waals surface area contributed by atoms with Gasteiger partial charge in [0.2, 0.25) is 10.0 Å². The van der Waals surface area contributed by atoms with Gasteiger partial charge in [0.05, 0.1) is 11.9 Å². The Kier molecular flexibility index (Phi) is 6.22. The third-order valence-electron chi connectivity index (χ3n) is 3.06. The monoisotopic (exact) mass is 328 g/mol. The Bertz CT molecular complexity index is 596. The molecule has 1 aromatic carbocycles. The molecule has 0 aliphatic rings. The largest absolute Gasteiger partial charge is 0.481 e. The molecule has 1 rings (SSSR count). The molecule has 0 fully saturated rings. The van der Waals surface area contributed by atoms with Crippen LogP contribution in [0.2, 0.25) is 0 Å². The standard InChI is InChI=1S/C15H24N2O4S/c1-11(2)10-16-15(18)12(3)21-14-8-6-13(7-9-14)17(4)22(5,19)20/h6-9,11-12H,10H2,1-5H3,(H,16,18)/t12-/m1/s1. The zero-order valence-corrected chi connectivity index (χ0v) is 14.5. The maximum Gasteiger partial charge on any atom is 0.260 e. The van der Waals surface area contributed by atoms with Gasteiger partial charge in [-0.1, -0.05) is 13.8 Å². The van der Waals surface area contributed by atoms with Crippen LogP contribution in [0.3, 0.4) is 0 Å². The number of nitrogens with zero attached hydrogens (tertiary/aromatic N) is 1. The fraction of sp³-hybridized carbons (Fsp3) is 0.533. The van der Waals surface area contributed by atoms with Gasteiger partial charge in [-0.2, -0.15) is 0 Å². The van der Waals surface area contributed by atoms with Crippen molar-refractivity contribution in [1.29, 1.82) is 0 Å². The number of anilines is 1. The molecule has 0 radical (unpaired) electrons. The molecule has 1 N–H and O–H groups in total. The number of nitrogens with one attached hydrogen (secondary N) is 1. The molecule has 0 saturated carbocycles. The summed E-state index contributed by atoms with van der Waals surface area (Å²) in [6.07, 6.45) is 0.524. The minimum Gasteiger partial charge on any atom is -0.481 e. The lowest BCUT2D eigenvalue weighted by Gasteiger charge is -2.18. The number of amides is 1. The quantitative estimate of drug-likeness (QED) is 0.825. The number of carbonyl (C=O) groups is 1. The van der Waals surface area contributed by atoms with Gasteiger partial charge >= 0.3 is 0 Å². The maximum atomic E-state index is 11.8. The molecule has 0 bridgehead atoms. The Labute approximate surface area is 132 Å². The Morgan fingerprint density at radius 2 is 1.77 bits per heavy atom. The summed E-state index contributed by atoms with van der Waals surface area (Å²) in [7, 11) is -1.81. The Morgan fingerprint density at radius 3 is 2.23 bits per heavy atom. The Hall–Kier alpha value is -1.76. The highest BCUT2D eigenvalue weighted by Gasteiger charge is 2.15. The summed E-state index contributed by atoms with van der Waals surface area (Å²) in [5.74, 6) is 0.714. The molecule has 6 nitrogen and oxygen atoms in total. The average molecular weight is 328 g/mol. The average Bonchev–Trinajstić information content (AvgIpc) is 2.43. The van der Waals surface area contributed by atoms with Crippen molar-refractivity contribution in [1.82, 2.24) is 5.32 Å². The summed E-state index contributed by atoms with van der Waals surface area (Å²) < 4.78 is 29.6. The summed E-state index contributed by atoms with van der Waals surface area (Å²) in [5, 5.41) is 2.80. The number of benzene rings is 1. The molecular weight excluding hydrogens is 304 g/mol. The smallest absolute Gasteiger partial charge is 0.260 e. The van der Waals surface area contributed by atoms with Gasteiger partial charge in [0, 0.05) is 13.6 Å². The summed E-state index contributed by atoms with van der Waals surface area (Å²) >= 11 is 0. The van der Waals surface area contributed by atoms with Crippen LogP contribution in [0.15, 0.2) is 24.3 Å². The van der Waals surface area contributed by atoms with Gasteiger partial charge in [-0.25, -0.2) is 8.42 Å². The van der Waals surface area contributed by atoms with Crippen molar-refractivity contribution in [2.75, 3.05) is 24.2 Å². The highest BCUT2D eigenvalue weighted by Crippen LogP contribution is 2.21. The van der Waals surface area contributed by atoms with E-state index < -0.39 is 16.1 Å². The summed E-state index contributed by atoms with van der Waals surface area (Å²) in [6, 6.07) is 6.55. The number of sulfonamides is 1. The van der Waals surface area contributed by atoms with Crippen LogP contribution in [0.1, 0.15) is 20.8 Å². The van der Waals surface area contributed by atoms with E-state index in [1.54, 1.807) is 31.2 Å². The van der Waals surface area contributed by atoms with E-state index in [1.807, 2.05) is 13.8 Å². The van der Waals surface area contributed by atoms with E-state index in [4.69, 9.17) is 4.74 Å². The van der Waals surface area contributed by atoms with E-state index in [0.717, 1.165) is 6.26 Å². The molecule has 0 aliphatic carbocycles. The van der Waals surface area contributed by atoms with Crippen LogP contribution >= 0.6 is 0 Å². The molecular formula is C15H24N2O4S.